The molecule has 0 aliphatic heterocycles. The summed E-state index contributed by atoms with van der Waals surface area (Å²) in [7, 11) is 0. The van der Waals surface area contributed by atoms with Crippen molar-refractivity contribution in [1.82, 2.24) is 0 Å². The standard InChI is InChI=1S/C23H28O3S/c1-13-7-9-19(10-8-13)21(24)11-22(23(25)26)27-12-20-17(5)15(3)14(2)16(4)18(20)6/h7-10,22H,11-12H2,1-6H3,(H,25,26)/t22-/m0/s1. The second kappa shape index (κ2) is 8.75. The molecule has 0 aliphatic carbocycles. The van der Waals surface area contributed by atoms with Crippen LogP contribution >= 0.6 is 11.8 Å². The monoisotopic (exact) mass is 384 g/mol. The summed E-state index contributed by atoms with van der Waals surface area (Å²) in [5, 5.41) is 8.86. The van der Waals surface area contributed by atoms with Crippen LogP contribution in [0.1, 0.15) is 55.7 Å². The largest absolute Gasteiger partial charge is 0.480 e. The van der Waals surface area contributed by atoms with Gasteiger partial charge in [-0.25, -0.2) is 0 Å². The Hall–Kier alpha value is -2.07. The predicted molar refractivity (Wildman–Crippen MR) is 113 cm³/mol. The van der Waals surface area contributed by atoms with Gasteiger partial charge in [0.05, 0.1) is 0 Å². The summed E-state index contributed by atoms with van der Waals surface area (Å²) in [6.45, 7) is 12.5. The maximum absolute atomic E-state index is 12.5. The van der Waals surface area contributed by atoms with Gasteiger partial charge in [0.25, 0.3) is 0 Å². The van der Waals surface area contributed by atoms with Gasteiger partial charge >= 0.3 is 5.97 Å². The van der Waals surface area contributed by atoms with Gasteiger partial charge < -0.3 is 5.11 Å². The normalized spacial score (nSPS) is 12.1. The van der Waals surface area contributed by atoms with E-state index in [9.17, 15) is 14.7 Å². The molecule has 3 nitrogen and oxygen atoms in total. The molecule has 0 saturated carbocycles. The number of aryl methyl sites for hydroxylation is 1. The van der Waals surface area contributed by atoms with Gasteiger partial charge in [-0.15, -0.1) is 11.8 Å². The zero-order chi connectivity index (χ0) is 20.3. The second-order valence-corrected chi connectivity index (χ2v) is 8.43. The van der Waals surface area contributed by atoms with Crippen molar-refractivity contribution in [3.05, 3.63) is 68.8 Å². The number of thioether (sulfide) groups is 1. The lowest BCUT2D eigenvalue weighted by Crippen LogP contribution is -2.21. The maximum Gasteiger partial charge on any atom is 0.317 e. The topological polar surface area (TPSA) is 54.4 Å². The van der Waals surface area contributed by atoms with Gasteiger partial charge in [-0.3, -0.25) is 9.59 Å². The Labute approximate surface area is 166 Å². The fraction of sp³-hybridized carbons (Fsp3) is 0.391. The zero-order valence-electron chi connectivity index (χ0n) is 17.0. The minimum Gasteiger partial charge on any atom is -0.480 e. The Kier molecular flexibility index (Phi) is 6.88. The van der Waals surface area contributed by atoms with Crippen molar-refractivity contribution in [2.45, 2.75) is 59.0 Å². The molecule has 27 heavy (non-hydrogen) atoms. The highest BCUT2D eigenvalue weighted by Gasteiger charge is 2.24. The number of carboxylic acid groups (broad SMARTS) is 1. The van der Waals surface area contributed by atoms with Crippen LogP contribution in [0.5, 0.6) is 0 Å². The molecule has 2 aromatic carbocycles. The van der Waals surface area contributed by atoms with Crippen LogP contribution in [0, 0.1) is 41.5 Å². The van der Waals surface area contributed by atoms with E-state index in [-0.39, 0.29) is 12.2 Å². The molecule has 144 valence electrons. The van der Waals surface area contributed by atoms with Crippen molar-refractivity contribution in [1.29, 1.82) is 0 Å². The van der Waals surface area contributed by atoms with Crippen LogP contribution in [-0.2, 0) is 10.5 Å². The third-order valence-electron chi connectivity index (χ3n) is 5.60. The summed E-state index contributed by atoms with van der Waals surface area (Å²) in [6.07, 6.45) is 0.00494. The molecule has 1 N–H and O–H groups in total. The average molecular weight is 385 g/mol. The number of carbonyl (C=O) groups excluding carboxylic acids is 1. The van der Waals surface area contributed by atoms with Crippen molar-refractivity contribution < 1.29 is 14.7 Å². The SMILES string of the molecule is Cc1ccc(C(=O)C[C@H](SCc2c(C)c(C)c(C)c(C)c2C)C(=O)O)cc1. The molecular formula is C23H28O3S. The first-order valence-corrected chi connectivity index (χ1v) is 10.2. The Morgan fingerprint density at radius 3 is 1.81 bits per heavy atom. The number of aliphatic carboxylic acids is 1. The number of carbonyl (C=O) groups is 2. The molecule has 0 amide bonds. The van der Waals surface area contributed by atoms with Crippen molar-refractivity contribution in [2.24, 2.45) is 0 Å². The lowest BCUT2D eigenvalue weighted by atomic mass is 9.90. The number of carboxylic acids is 1. The molecule has 0 aromatic heterocycles. The van der Waals surface area contributed by atoms with E-state index >= 15 is 0 Å². The molecule has 0 bridgehead atoms. The molecule has 4 heteroatoms. The van der Waals surface area contributed by atoms with E-state index in [1.807, 2.05) is 19.1 Å². The number of rotatable bonds is 7. The molecule has 0 spiro atoms. The first-order valence-electron chi connectivity index (χ1n) is 9.13. The van der Waals surface area contributed by atoms with E-state index < -0.39 is 11.2 Å². The Balaban J connectivity index is 2.17. The van der Waals surface area contributed by atoms with Crippen molar-refractivity contribution in [3.63, 3.8) is 0 Å². The first kappa shape index (κ1) is 21.2. The van der Waals surface area contributed by atoms with Gasteiger partial charge in [0.15, 0.2) is 5.78 Å². The fourth-order valence-corrected chi connectivity index (χ4v) is 4.43. The van der Waals surface area contributed by atoms with Gasteiger partial charge in [-0.05, 0) is 74.9 Å². The van der Waals surface area contributed by atoms with Crippen LogP contribution in [-0.4, -0.2) is 22.1 Å². The lowest BCUT2D eigenvalue weighted by molar-refractivity contribution is -0.136. The minimum absolute atomic E-state index is 0.00494. The number of Topliss-reactive ketones (excluding diaryl/α,β-unsaturated/α-hetero) is 1. The molecule has 0 radical (unpaired) electrons. The van der Waals surface area contributed by atoms with Crippen molar-refractivity contribution >= 4 is 23.5 Å². The number of ketones is 1. The fourth-order valence-electron chi connectivity index (χ4n) is 3.22. The van der Waals surface area contributed by atoms with E-state index in [0.29, 0.717) is 11.3 Å². The highest BCUT2D eigenvalue weighted by Crippen LogP contribution is 2.31. The molecule has 0 heterocycles. The van der Waals surface area contributed by atoms with Crippen LogP contribution in [0.25, 0.3) is 0 Å². The molecule has 1 atom stereocenters. The van der Waals surface area contributed by atoms with E-state index in [1.165, 1.54) is 45.1 Å². The maximum atomic E-state index is 12.5. The van der Waals surface area contributed by atoms with Crippen LogP contribution in [0.2, 0.25) is 0 Å². The third kappa shape index (κ3) is 4.81. The number of hydrogen-bond donors (Lipinski definition) is 1. The second-order valence-electron chi connectivity index (χ2n) is 7.23. The van der Waals surface area contributed by atoms with E-state index in [4.69, 9.17) is 0 Å². The summed E-state index contributed by atoms with van der Waals surface area (Å²) in [5.74, 6) is -0.464. The molecule has 2 aromatic rings. The summed E-state index contributed by atoms with van der Waals surface area (Å²) in [5.41, 5.74) is 9.09. The lowest BCUT2D eigenvalue weighted by Gasteiger charge is -2.20. The Morgan fingerprint density at radius 2 is 1.33 bits per heavy atom. The molecular weight excluding hydrogens is 356 g/mol. The van der Waals surface area contributed by atoms with E-state index in [1.54, 1.807) is 12.1 Å². The molecule has 0 saturated heterocycles. The smallest absolute Gasteiger partial charge is 0.317 e. The molecule has 0 fully saturated rings. The zero-order valence-corrected chi connectivity index (χ0v) is 17.8. The van der Waals surface area contributed by atoms with Crippen LogP contribution in [0.4, 0.5) is 0 Å². The first-order chi connectivity index (χ1) is 12.6. The van der Waals surface area contributed by atoms with Gasteiger partial charge in [-0.2, -0.15) is 0 Å². The van der Waals surface area contributed by atoms with Crippen molar-refractivity contribution in [2.75, 3.05) is 0 Å². The van der Waals surface area contributed by atoms with Gasteiger partial charge in [0.1, 0.15) is 5.25 Å². The van der Waals surface area contributed by atoms with Crippen molar-refractivity contribution in [3.8, 4) is 0 Å². The highest BCUT2D eigenvalue weighted by atomic mass is 32.2. The summed E-state index contributed by atoms with van der Waals surface area (Å²) in [4.78, 5) is 24.2. The average Bonchev–Trinajstić information content (AvgIpc) is 2.64. The summed E-state index contributed by atoms with van der Waals surface area (Å²) in [6, 6.07) is 7.28. The summed E-state index contributed by atoms with van der Waals surface area (Å²) < 4.78 is 0. The van der Waals surface area contributed by atoms with Gasteiger partial charge in [-0.1, -0.05) is 29.8 Å². The van der Waals surface area contributed by atoms with Crippen LogP contribution in [0.15, 0.2) is 24.3 Å². The number of hydrogen-bond acceptors (Lipinski definition) is 3. The highest BCUT2D eigenvalue weighted by molar-refractivity contribution is 7.99. The van der Waals surface area contributed by atoms with Gasteiger partial charge in [0, 0.05) is 17.7 Å². The Morgan fingerprint density at radius 1 is 0.852 bits per heavy atom. The molecule has 2 rings (SSSR count). The predicted octanol–water partition coefficient (Wildman–Crippen LogP) is 5.50. The minimum atomic E-state index is -0.934. The molecule has 0 unspecified atom stereocenters. The van der Waals surface area contributed by atoms with Gasteiger partial charge in [0.2, 0.25) is 0 Å². The molecule has 0 aliphatic rings. The Bertz CT molecular complexity index is 837. The van der Waals surface area contributed by atoms with Crippen LogP contribution < -0.4 is 0 Å². The number of benzene rings is 2. The third-order valence-corrected chi connectivity index (χ3v) is 6.83. The van der Waals surface area contributed by atoms with Crippen LogP contribution in [0.3, 0.4) is 0 Å². The summed E-state index contributed by atoms with van der Waals surface area (Å²) >= 11 is 1.34. The van der Waals surface area contributed by atoms with E-state index in [0.717, 1.165) is 5.56 Å². The quantitative estimate of drug-likeness (QED) is 0.641. The van der Waals surface area contributed by atoms with E-state index in [2.05, 4.69) is 34.6 Å².